The fourth-order valence-corrected chi connectivity index (χ4v) is 3.53. The van der Waals surface area contributed by atoms with Crippen molar-refractivity contribution in [3.63, 3.8) is 0 Å². The average Bonchev–Trinajstić information content (AvgIpc) is 2.66. The van der Waals surface area contributed by atoms with Crippen LogP contribution in [-0.2, 0) is 6.42 Å². The van der Waals surface area contributed by atoms with E-state index >= 15 is 0 Å². The van der Waals surface area contributed by atoms with Crippen LogP contribution in [0.3, 0.4) is 0 Å². The second-order valence-electron chi connectivity index (χ2n) is 7.24. The molecule has 0 bridgehead atoms. The standard InChI is InChI=1S/C22H30N2O3/c1-15-6-7-19(25-4)18(12-15)22-17-14-21(27-11-10-24(2)3)20(26-5)13-16(17)8-9-23-22/h6-7,12-14,22-23H,8-11H2,1-5H3. The Morgan fingerprint density at radius 2 is 1.78 bits per heavy atom. The van der Waals surface area contributed by atoms with Gasteiger partial charge in [-0.25, -0.2) is 0 Å². The number of benzene rings is 2. The largest absolute Gasteiger partial charge is 0.496 e. The first kappa shape index (κ1) is 19.5. The molecule has 146 valence electrons. The van der Waals surface area contributed by atoms with Gasteiger partial charge in [-0.15, -0.1) is 0 Å². The molecule has 1 aliphatic heterocycles. The van der Waals surface area contributed by atoms with Gasteiger partial charge in [-0.1, -0.05) is 17.7 Å². The Morgan fingerprint density at radius 1 is 1.00 bits per heavy atom. The summed E-state index contributed by atoms with van der Waals surface area (Å²) in [5, 5.41) is 3.65. The third kappa shape index (κ3) is 4.37. The number of methoxy groups -OCH3 is 2. The highest BCUT2D eigenvalue weighted by molar-refractivity contribution is 5.53. The van der Waals surface area contributed by atoms with Crippen molar-refractivity contribution >= 4 is 0 Å². The van der Waals surface area contributed by atoms with Gasteiger partial charge in [0.05, 0.1) is 20.3 Å². The molecule has 1 aliphatic rings. The highest BCUT2D eigenvalue weighted by atomic mass is 16.5. The zero-order valence-electron chi connectivity index (χ0n) is 17.0. The van der Waals surface area contributed by atoms with Crippen LogP contribution in [0.15, 0.2) is 30.3 Å². The molecular formula is C22H30N2O3. The second-order valence-corrected chi connectivity index (χ2v) is 7.24. The van der Waals surface area contributed by atoms with Crippen LogP contribution in [0.25, 0.3) is 0 Å². The van der Waals surface area contributed by atoms with Crippen molar-refractivity contribution in [3.8, 4) is 17.2 Å². The molecule has 0 spiro atoms. The molecule has 0 radical (unpaired) electrons. The van der Waals surface area contributed by atoms with Gasteiger partial charge in [0.25, 0.3) is 0 Å². The number of ether oxygens (including phenoxy) is 3. The molecule has 27 heavy (non-hydrogen) atoms. The lowest BCUT2D eigenvalue weighted by molar-refractivity contribution is 0.250. The fourth-order valence-electron chi connectivity index (χ4n) is 3.53. The van der Waals surface area contributed by atoms with Crippen molar-refractivity contribution in [3.05, 3.63) is 52.6 Å². The summed E-state index contributed by atoms with van der Waals surface area (Å²) in [4.78, 5) is 2.10. The van der Waals surface area contributed by atoms with Gasteiger partial charge in [-0.05, 0) is 56.8 Å². The molecular weight excluding hydrogens is 340 g/mol. The molecule has 0 amide bonds. The van der Waals surface area contributed by atoms with Crippen LogP contribution in [-0.4, -0.2) is 52.9 Å². The Kier molecular flexibility index (Phi) is 6.24. The van der Waals surface area contributed by atoms with Crippen LogP contribution in [0.1, 0.15) is 28.3 Å². The number of nitrogens with zero attached hydrogens (tertiary/aromatic N) is 1. The first-order valence-corrected chi connectivity index (χ1v) is 9.39. The molecule has 2 aromatic carbocycles. The van der Waals surface area contributed by atoms with Crippen molar-refractivity contribution in [1.29, 1.82) is 0 Å². The molecule has 3 rings (SSSR count). The number of nitrogens with one attached hydrogen (secondary N) is 1. The van der Waals surface area contributed by atoms with Crippen LogP contribution >= 0.6 is 0 Å². The van der Waals surface area contributed by atoms with Gasteiger partial charge in [0.1, 0.15) is 12.4 Å². The van der Waals surface area contributed by atoms with Crippen molar-refractivity contribution in [2.24, 2.45) is 0 Å². The molecule has 0 aliphatic carbocycles. The smallest absolute Gasteiger partial charge is 0.161 e. The molecule has 0 aromatic heterocycles. The van der Waals surface area contributed by atoms with Crippen LogP contribution < -0.4 is 19.5 Å². The number of aryl methyl sites for hydroxylation is 1. The Morgan fingerprint density at radius 3 is 2.48 bits per heavy atom. The van der Waals surface area contributed by atoms with Crippen LogP contribution in [0, 0.1) is 6.92 Å². The van der Waals surface area contributed by atoms with E-state index in [0.29, 0.717) is 6.61 Å². The molecule has 1 heterocycles. The minimum atomic E-state index is 0.0747. The van der Waals surface area contributed by atoms with Crippen molar-refractivity contribution in [2.75, 3.05) is 48.0 Å². The minimum absolute atomic E-state index is 0.0747. The minimum Gasteiger partial charge on any atom is -0.496 e. The molecule has 1 atom stereocenters. The molecule has 0 saturated carbocycles. The number of hydrogen-bond donors (Lipinski definition) is 1. The fraction of sp³-hybridized carbons (Fsp3) is 0.455. The number of rotatable bonds is 7. The summed E-state index contributed by atoms with van der Waals surface area (Å²) in [6.07, 6.45) is 0.967. The van der Waals surface area contributed by atoms with E-state index in [0.717, 1.165) is 42.3 Å². The SMILES string of the molecule is COc1cc2c(cc1OCCN(C)C)C(c1cc(C)ccc1OC)NCC2. The number of fused-ring (bicyclic) bond motifs is 1. The third-order valence-corrected chi connectivity index (χ3v) is 4.97. The Balaban J connectivity index is 2.00. The van der Waals surface area contributed by atoms with E-state index in [9.17, 15) is 0 Å². The van der Waals surface area contributed by atoms with E-state index in [4.69, 9.17) is 14.2 Å². The molecule has 5 heteroatoms. The maximum Gasteiger partial charge on any atom is 0.161 e. The number of hydrogen-bond acceptors (Lipinski definition) is 5. The quantitative estimate of drug-likeness (QED) is 0.811. The summed E-state index contributed by atoms with van der Waals surface area (Å²) < 4.78 is 17.3. The first-order chi connectivity index (χ1) is 13.0. The molecule has 0 fully saturated rings. The zero-order chi connectivity index (χ0) is 19.4. The summed E-state index contributed by atoms with van der Waals surface area (Å²) in [5.41, 5.74) is 4.89. The zero-order valence-corrected chi connectivity index (χ0v) is 17.0. The van der Waals surface area contributed by atoms with Gasteiger partial charge in [0.15, 0.2) is 11.5 Å². The summed E-state index contributed by atoms with van der Waals surface area (Å²) in [6, 6.07) is 10.6. The van der Waals surface area contributed by atoms with E-state index in [-0.39, 0.29) is 6.04 Å². The van der Waals surface area contributed by atoms with Crippen molar-refractivity contribution in [1.82, 2.24) is 10.2 Å². The Hall–Kier alpha value is -2.24. The van der Waals surface area contributed by atoms with Crippen molar-refractivity contribution in [2.45, 2.75) is 19.4 Å². The molecule has 1 unspecified atom stereocenters. The first-order valence-electron chi connectivity index (χ1n) is 9.39. The number of likely N-dealkylation sites (N-methyl/N-ethyl adjacent to an activating group) is 1. The van der Waals surface area contributed by atoms with E-state index in [1.807, 2.05) is 20.2 Å². The summed E-state index contributed by atoms with van der Waals surface area (Å²) in [6.45, 7) is 4.50. The van der Waals surface area contributed by atoms with Gasteiger partial charge in [0, 0.05) is 18.7 Å². The van der Waals surface area contributed by atoms with E-state index < -0.39 is 0 Å². The summed E-state index contributed by atoms with van der Waals surface area (Å²) in [5.74, 6) is 2.49. The predicted molar refractivity (Wildman–Crippen MR) is 108 cm³/mol. The molecule has 0 saturated heterocycles. The van der Waals surface area contributed by atoms with Gasteiger partial charge in [-0.2, -0.15) is 0 Å². The Labute approximate surface area is 162 Å². The molecule has 5 nitrogen and oxygen atoms in total. The van der Waals surface area contributed by atoms with Crippen molar-refractivity contribution < 1.29 is 14.2 Å². The average molecular weight is 370 g/mol. The van der Waals surface area contributed by atoms with Gasteiger partial charge < -0.3 is 24.4 Å². The lowest BCUT2D eigenvalue weighted by atomic mass is 9.88. The predicted octanol–water partition coefficient (Wildman–Crippen LogP) is 3.19. The maximum atomic E-state index is 6.04. The normalized spacial score (nSPS) is 16.1. The van der Waals surface area contributed by atoms with Gasteiger partial charge >= 0.3 is 0 Å². The monoisotopic (exact) mass is 370 g/mol. The van der Waals surface area contributed by atoms with Gasteiger partial charge in [-0.3, -0.25) is 0 Å². The third-order valence-electron chi connectivity index (χ3n) is 4.97. The molecule has 1 N–H and O–H groups in total. The highest BCUT2D eigenvalue weighted by Crippen LogP contribution is 2.40. The molecule has 2 aromatic rings. The topological polar surface area (TPSA) is 43.0 Å². The van der Waals surface area contributed by atoms with E-state index in [2.05, 4.69) is 41.4 Å². The van der Waals surface area contributed by atoms with Gasteiger partial charge in [0.2, 0.25) is 0 Å². The van der Waals surface area contributed by atoms with Crippen LogP contribution in [0.5, 0.6) is 17.2 Å². The van der Waals surface area contributed by atoms with E-state index in [1.165, 1.54) is 16.7 Å². The van der Waals surface area contributed by atoms with Crippen LogP contribution in [0.4, 0.5) is 0 Å². The van der Waals surface area contributed by atoms with Crippen LogP contribution in [0.2, 0.25) is 0 Å². The second kappa shape index (κ2) is 8.63. The maximum absolute atomic E-state index is 6.04. The lowest BCUT2D eigenvalue weighted by Gasteiger charge is -2.30. The van der Waals surface area contributed by atoms with E-state index in [1.54, 1.807) is 14.2 Å². The summed E-state index contributed by atoms with van der Waals surface area (Å²) in [7, 11) is 7.50. The highest BCUT2D eigenvalue weighted by Gasteiger charge is 2.26. The lowest BCUT2D eigenvalue weighted by Crippen LogP contribution is -2.31. The summed E-state index contributed by atoms with van der Waals surface area (Å²) >= 11 is 0. The Bertz CT molecular complexity index is 789.